The summed E-state index contributed by atoms with van der Waals surface area (Å²) in [6.07, 6.45) is 1.26. The summed E-state index contributed by atoms with van der Waals surface area (Å²) in [6, 6.07) is 7.92. The fourth-order valence-corrected chi connectivity index (χ4v) is 2.92. The number of rotatable bonds is 9. The van der Waals surface area contributed by atoms with E-state index in [1.165, 1.54) is 0 Å². The maximum absolute atomic E-state index is 12.4. The van der Waals surface area contributed by atoms with Crippen LogP contribution in [0.4, 0.5) is 4.79 Å². The number of carbonyl (C=O) groups excluding carboxylic acids is 3. The Morgan fingerprint density at radius 2 is 2.00 bits per heavy atom. The molecule has 26 heavy (non-hydrogen) atoms. The van der Waals surface area contributed by atoms with Gasteiger partial charge in [-0.3, -0.25) is 14.5 Å². The first-order valence-corrected chi connectivity index (χ1v) is 9.02. The first kappa shape index (κ1) is 19.9. The number of benzene rings is 1. The van der Waals surface area contributed by atoms with E-state index in [4.69, 9.17) is 0 Å². The molecule has 1 aliphatic rings. The van der Waals surface area contributed by atoms with Crippen LogP contribution >= 0.6 is 0 Å². The van der Waals surface area contributed by atoms with Gasteiger partial charge in [0, 0.05) is 6.54 Å². The quantitative estimate of drug-likeness (QED) is 0.573. The minimum atomic E-state index is -0.852. The zero-order valence-corrected chi connectivity index (χ0v) is 15.3. The third-order valence-corrected chi connectivity index (χ3v) is 4.84. The maximum Gasteiger partial charge on any atom is 0.324 e. The Morgan fingerprint density at radius 3 is 2.62 bits per heavy atom. The van der Waals surface area contributed by atoms with Crippen LogP contribution in [0.2, 0.25) is 0 Å². The average molecular weight is 361 g/mol. The number of carbonyl (C=O) groups is 3. The molecular formula is C19H27N3O4. The molecule has 0 aliphatic carbocycles. The first-order valence-electron chi connectivity index (χ1n) is 9.02. The normalized spacial score (nSPS) is 19.2. The Bertz CT molecular complexity index is 635. The highest BCUT2D eigenvalue weighted by Gasteiger charge is 2.38. The van der Waals surface area contributed by atoms with Gasteiger partial charge in [-0.25, -0.2) is 4.79 Å². The summed E-state index contributed by atoms with van der Waals surface area (Å²) in [5.74, 6) is -0.613. The van der Waals surface area contributed by atoms with E-state index in [9.17, 15) is 19.5 Å². The highest BCUT2D eigenvalue weighted by atomic mass is 16.3. The molecule has 3 atom stereocenters. The van der Waals surface area contributed by atoms with E-state index in [1.807, 2.05) is 44.2 Å². The standard InChI is InChI=1S/C19H27N3O4/c1-3-13(2)16(12-23)20-17(24)11-15-18(25)22(19(26)21-15)10-9-14-7-5-4-6-8-14/h4-8,13,15-16,23H,3,9-12H2,1-2H3,(H,20,24)(H,21,26)/t13-,15+,16-/m1/s1. The second-order valence-corrected chi connectivity index (χ2v) is 6.67. The lowest BCUT2D eigenvalue weighted by Gasteiger charge is -2.22. The van der Waals surface area contributed by atoms with Gasteiger partial charge in [-0.05, 0) is 17.9 Å². The smallest absolute Gasteiger partial charge is 0.324 e. The molecule has 1 aliphatic heterocycles. The summed E-state index contributed by atoms with van der Waals surface area (Å²) >= 11 is 0. The Morgan fingerprint density at radius 1 is 1.31 bits per heavy atom. The number of aliphatic hydroxyl groups excluding tert-OH is 1. The van der Waals surface area contributed by atoms with Crippen LogP contribution in [0.1, 0.15) is 32.3 Å². The molecule has 0 bridgehead atoms. The van der Waals surface area contributed by atoms with Gasteiger partial charge in [0.25, 0.3) is 5.91 Å². The van der Waals surface area contributed by atoms with Gasteiger partial charge in [0.2, 0.25) is 5.91 Å². The van der Waals surface area contributed by atoms with Crippen molar-refractivity contribution in [2.45, 2.75) is 45.2 Å². The Balaban J connectivity index is 1.88. The molecule has 0 unspecified atom stereocenters. The lowest BCUT2D eigenvalue weighted by Crippen LogP contribution is -2.45. The number of amides is 4. The summed E-state index contributed by atoms with van der Waals surface area (Å²) in [4.78, 5) is 37.8. The lowest BCUT2D eigenvalue weighted by molar-refractivity contribution is -0.131. The molecule has 3 N–H and O–H groups in total. The fraction of sp³-hybridized carbons (Fsp3) is 0.526. The van der Waals surface area contributed by atoms with E-state index in [0.29, 0.717) is 6.42 Å². The lowest BCUT2D eigenvalue weighted by atomic mass is 9.99. The highest BCUT2D eigenvalue weighted by Crippen LogP contribution is 2.12. The molecule has 7 heteroatoms. The van der Waals surface area contributed by atoms with Gasteiger partial charge in [-0.1, -0.05) is 50.6 Å². The Hall–Kier alpha value is -2.41. The minimum Gasteiger partial charge on any atom is -0.394 e. The summed E-state index contributed by atoms with van der Waals surface area (Å²) in [6.45, 7) is 4.04. The van der Waals surface area contributed by atoms with Gasteiger partial charge in [0.05, 0.1) is 19.1 Å². The van der Waals surface area contributed by atoms with Crippen molar-refractivity contribution in [3.8, 4) is 0 Å². The van der Waals surface area contributed by atoms with Crippen LogP contribution in [0.3, 0.4) is 0 Å². The van der Waals surface area contributed by atoms with E-state index in [-0.39, 0.29) is 43.3 Å². The molecule has 0 aromatic heterocycles. The van der Waals surface area contributed by atoms with Crippen molar-refractivity contribution in [3.05, 3.63) is 35.9 Å². The Kier molecular flexibility index (Phi) is 7.15. The molecule has 1 fully saturated rings. The molecule has 0 spiro atoms. The van der Waals surface area contributed by atoms with Crippen molar-refractivity contribution >= 4 is 17.8 Å². The van der Waals surface area contributed by atoms with Crippen LogP contribution in [-0.4, -0.2) is 53.1 Å². The van der Waals surface area contributed by atoms with Gasteiger partial charge in [-0.15, -0.1) is 0 Å². The largest absolute Gasteiger partial charge is 0.394 e. The summed E-state index contributed by atoms with van der Waals surface area (Å²) in [5, 5.41) is 14.7. The van der Waals surface area contributed by atoms with Crippen molar-refractivity contribution in [2.24, 2.45) is 5.92 Å². The van der Waals surface area contributed by atoms with Gasteiger partial charge >= 0.3 is 6.03 Å². The van der Waals surface area contributed by atoms with Crippen molar-refractivity contribution in [1.29, 1.82) is 0 Å². The van der Waals surface area contributed by atoms with Gasteiger partial charge < -0.3 is 15.7 Å². The number of urea groups is 1. The number of nitrogens with zero attached hydrogens (tertiary/aromatic N) is 1. The van der Waals surface area contributed by atoms with Crippen LogP contribution < -0.4 is 10.6 Å². The van der Waals surface area contributed by atoms with Crippen LogP contribution in [0.15, 0.2) is 30.3 Å². The SMILES string of the molecule is CC[C@@H](C)[C@@H](CO)NC(=O)C[C@@H]1NC(=O)N(CCc2ccccc2)C1=O. The third-order valence-electron chi connectivity index (χ3n) is 4.84. The average Bonchev–Trinajstić information content (AvgIpc) is 2.91. The highest BCUT2D eigenvalue weighted by molar-refractivity contribution is 6.05. The summed E-state index contributed by atoms with van der Waals surface area (Å²) in [5.41, 5.74) is 1.04. The molecule has 1 saturated heterocycles. The van der Waals surface area contributed by atoms with E-state index >= 15 is 0 Å². The van der Waals surface area contributed by atoms with E-state index in [1.54, 1.807) is 0 Å². The van der Waals surface area contributed by atoms with E-state index < -0.39 is 12.1 Å². The topological polar surface area (TPSA) is 98.7 Å². The molecule has 4 amide bonds. The van der Waals surface area contributed by atoms with Crippen molar-refractivity contribution in [3.63, 3.8) is 0 Å². The van der Waals surface area contributed by atoms with Crippen LogP contribution in [-0.2, 0) is 16.0 Å². The van der Waals surface area contributed by atoms with E-state index in [2.05, 4.69) is 10.6 Å². The van der Waals surface area contributed by atoms with Crippen molar-refractivity contribution in [2.75, 3.05) is 13.2 Å². The first-order chi connectivity index (χ1) is 12.5. The molecule has 1 aromatic rings. The molecule has 142 valence electrons. The fourth-order valence-electron chi connectivity index (χ4n) is 2.92. The second-order valence-electron chi connectivity index (χ2n) is 6.67. The van der Waals surface area contributed by atoms with Gasteiger partial charge in [0.15, 0.2) is 0 Å². The number of hydrogen-bond acceptors (Lipinski definition) is 4. The predicted octanol–water partition coefficient (Wildman–Crippen LogP) is 1.06. The van der Waals surface area contributed by atoms with Crippen molar-refractivity contribution in [1.82, 2.24) is 15.5 Å². The minimum absolute atomic E-state index is 0.125. The van der Waals surface area contributed by atoms with Gasteiger partial charge in [0.1, 0.15) is 6.04 Å². The monoisotopic (exact) mass is 361 g/mol. The molecular weight excluding hydrogens is 334 g/mol. The predicted molar refractivity (Wildman–Crippen MR) is 97.3 cm³/mol. The second kappa shape index (κ2) is 9.33. The van der Waals surface area contributed by atoms with Crippen LogP contribution in [0.25, 0.3) is 0 Å². The zero-order chi connectivity index (χ0) is 19.1. The summed E-state index contributed by atoms with van der Waals surface area (Å²) < 4.78 is 0. The molecule has 2 rings (SSSR count). The third kappa shape index (κ3) is 5.05. The van der Waals surface area contributed by atoms with E-state index in [0.717, 1.165) is 16.9 Å². The van der Waals surface area contributed by atoms with Crippen LogP contribution in [0.5, 0.6) is 0 Å². The molecule has 0 radical (unpaired) electrons. The number of nitrogens with one attached hydrogen (secondary N) is 2. The molecule has 1 heterocycles. The van der Waals surface area contributed by atoms with Crippen molar-refractivity contribution < 1.29 is 19.5 Å². The molecule has 1 aromatic carbocycles. The summed E-state index contributed by atoms with van der Waals surface area (Å²) in [7, 11) is 0. The number of imide groups is 1. The molecule has 7 nitrogen and oxygen atoms in total. The number of aliphatic hydroxyl groups is 1. The van der Waals surface area contributed by atoms with Crippen LogP contribution in [0, 0.1) is 5.92 Å². The maximum atomic E-state index is 12.4. The van der Waals surface area contributed by atoms with Gasteiger partial charge in [-0.2, -0.15) is 0 Å². The zero-order valence-electron chi connectivity index (χ0n) is 15.3. The molecule has 0 saturated carbocycles. The Labute approximate surface area is 153 Å². The number of hydrogen-bond donors (Lipinski definition) is 3.